The van der Waals surface area contributed by atoms with Gasteiger partial charge in [-0.25, -0.2) is 9.97 Å². The molecule has 3 rings (SSSR count). The lowest BCUT2D eigenvalue weighted by Gasteiger charge is -2.25. The number of ether oxygens (including phenoxy) is 1. The Kier molecular flexibility index (Phi) is 5.00. The van der Waals surface area contributed by atoms with E-state index in [0.717, 1.165) is 24.5 Å². The van der Waals surface area contributed by atoms with Crippen molar-refractivity contribution >= 4 is 11.7 Å². The number of amides is 1. The van der Waals surface area contributed by atoms with Crippen molar-refractivity contribution in [1.29, 1.82) is 0 Å². The molecule has 0 aliphatic carbocycles. The highest BCUT2D eigenvalue weighted by Gasteiger charge is 2.33. The molecule has 0 aromatic carbocycles. The Balaban J connectivity index is 1.69. The van der Waals surface area contributed by atoms with Gasteiger partial charge in [-0.3, -0.25) is 9.78 Å². The predicted octanol–water partition coefficient (Wildman–Crippen LogP) is 1.20. The largest absolute Gasteiger partial charge is 0.380 e. The smallest absolute Gasteiger partial charge is 0.252 e. The van der Waals surface area contributed by atoms with E-state index in [0.29, 0.717) is 12.1 Å². The van der Waals surface area contributed by atoms with Gasteiger partial charge in [0.05, 0.1) is 17.7 Å². The number of hydrogen-bond acceptors (Lipinski definition) is 6. The summed E-state index contributed by atoms with van der Waals surface area (Å²) >= 11 is 0. The minimum absolute atomic E-state index is 0.122. The summed E-state index contributed by atoms with van der Waals surface area (Å²) in [5.74, 6) is 0.741. The number of aromatic nitrogens is 3. The number of aryl methyl sites for hydroxylation is 1. The summed E-state index contributed by atoms with van der Waals surface area (Å²) in [6, 6.07) is 5.58. The maximum absolute atomic E-state index is 12.2. The van der Waals surface area contributed by atoms with Crippen molar-refractivity contribution in [3.05, 3.63) is 48.2 Å². The number of hydrogen-bond donors (Lipinski definition) is 1. The average molecular weight is 327 g/mol. The van der Waals surface area contributed by atoms with Crippen LogP contribution >= 0.6 is 0 Å². The number of carbonyl (C=O) groups is 1. The van der Waals surface area contributed by atoms with Crippen LogP contribution in [-0.2, 0) is 4.74 Å². The molecule has 1 aliphatic rings. The molecular weight excluding hydrogens is 306 g/mol. The molecule has 126 valence electrons. The Morgan fingerprint density at radius 2 is 2.33 bits per heavy atom. The fourth-order valence-electron chi connectivity index (χ4n) is 2.93. The minimum atomic E-state index is -0.122. The van der Waals surface area contributed by atoms with Gasteiger partial charge in [-0.2, -0.15) is 0 Å². The molecule has 0 bridgehead atoms. The van der Waals surface area contributed by atoms with Gasteiger partial charge in [-0.05, 0) is 25.5 Å². The number of nitrogens with zero attached hydrogens (tertiary/aromatic N) is 4. The molecule has 1 saturated heterocycles. The zero-order valence-corrected chi connectivity index (χ0v) is 13.8. The molecule has 0 unspecified atom stereocenters. The van der Waals surface area contributed by atoms with E-state index in [-0.39, 0.29) is 18.1 Å². The van der Waals surface area contributed by atoms with E-state index in [2.05, 4.69) is 25.2 Å². The quantitative estimate of drug-likeness (QED) is 0.889. The van der Waals surface area contributed by atoms with Gasteiger partial charge in [-0.1, -0.05) is 0 Å². The number of pyridine rings is 1. The molecule has 3 heterocycles. The van der Waals surface area contributed by atoms with Crippen molar-refractivity contribution < 1.29 is 9.53 Å². The first-order valence-corrected chi connectivity index (χ1v) is 7.93. The Bertz CT molecular complexity index is 694. The highest BCUT2D eigenvalue weighted by Crippen LogP contribution is 2.25. The molecule has 0 saturated carbocycles. The van der Waals surface area contributed by atoms with E-state index in [1.807, 2.05) is 13.0 Å². The van der Waals surface area contributed by atoms with Crippen LogP contribution < -0.4 is 10.2 Å². The molecule has 7 heteroatoms. The number of carbonyl (C=O) groups excluding carboxylic acids is 1. The van der Waals surface area contributed by atoms with Crippen LogP contribution in [0.15, 0.2) is 36.9 Å². The molecule has 1 amide bonds. The molecular formula is C17H21N5O2. The van der Waals surface area contributed by atoms with Gasteiger partial charge in [0.2, 0.25) is 0 Å². The van der Waals surface area contributed by atoms with Crippen LogP contribution in [-0.4, -0.2) is 53.2 Å². The zero-order valence-electron chi connectivity index (χ0n) is 13.8. The van der Waals surface area contributed by atoms with Gasteiger partial charge >= 0.3 is 0 Å². The van der Waals surface area contributed by atoms with Gasteiger partial charge in [-0.15, -0.1) is 0 Å². The summed E-state index contributed by atoms with van der Waals surface area (Å²) in [5, 5.41) is 2.98. The summed E-state index contributed by atoms with van der Waals surface area (Å²) in [4.78, 5) is 26.9. The molecule has 0 radical (unpaired) electrons. The van der Waals surface area contributed by atoms with Crippen molar-refractivity contribution in [3.63, 3.8) is 0 Å². The molecule has 1 fully saturated rings. The lowest BCUT2D eigenvalue weighted by molar-refractivity contribution is 0.0946. The van der Waals surface area contributed by atoms with Gasteiger partial charge in [0.1, 0.15) is 12.1 Å². The van der Waals surface area contributed by atoms with Crippen LogP contribution in [0.4, 0.5) is 5.82 Å². The first-order chi connectivity index (χ1) is 11.7. The third-order valence-electron chi connectivity index (χ3n) is 4.22. The van der Waals surface area contributed by atoms with Crippen molar-refractivity contribution in [2.75, 3.05) is 25.1 Å². The normalized spacial score (nSPS) is 20.2. The van der Waals surface area contributed by atoms with Crippen molar-refractivity contribution in [2.24, 2.45) is 0 Å². The van der Waals surface area contributed by atoms with E-state index in [9.17, 15) is 4.79 Å². The van der Waals surface area contributed by atoms with Gasteiger partial charge in [0.15, 0.2) is 0 Å². The van der Waals surface area contributed by atoms with Crippen molar-refractivity contribution in [3.8, 4) is 0 Å². The van der Waals surface area contributed by atoms with Crippen LogP contribution in [0.5, 0.6) is 0 Å². The van der Waals surface area contributed by atoms with Gasteiger partial charge in [0.25, 0.3) is 5.91 Å². The van der Waals surface area contributed by atoms with E-state index < -0.39 is 0 Å². The Labute approximate surface area is 141 Å². The summed E-state index contributed by atoms with van der Waals surface area (Å²) < 4.78 is 5.51. The monoisotopic (exact) mass is 327 g/mol. The molecule has 1 aliphatic heterocycles. The topological polar surface area (TPSA) is 80.2 Å². The lowest BCUT2D eigenvalue weighted by atomic mass is 10.2. The molecule has 2 atom stereocenters. The molecule has 2 aromatic heterocycles. The summed E-state index contributed by atoms with van der Waals surface area (Å²) in [6.45, 7) is 3.21. The fraction of sp³-hybridized carbons (Fsp3) is 0.412. The Morgan fingerprint density at radius 1 is 1.46 bits per heavy atom. The van der Waals surface area contributed by atoms with Crippen LogP contribution in [0.3, 0.4) is 0 Å². The predicted molar refractivity (Wildman–Crippen MR) is 89.9 cm³/mol. The first-order valence-electron chi connectivity index (χ1n) is 7.93. The SMILES string of the molecule is CO[C@H]1C[C@@H](CNC(=O)c2cccnc2)N(c2cc(C)ncn2)C1. The van der Waals surface area contributed by atoms with Crippen molar-refractivity contribution in [1.82, 2.24) is 20.3 Å². The second-order valence-corrected chi connectivity index (χ2v) is 5.87. The van der Waals surface area contributed by atoms with Crippen molar-refractivity contribution in [2.45, 2.75) is 25.5 Å². The van der Waals surface area contributed by atoms with Crippen LogP contribution in [0.1, 0.15) is 22.5 Å². The van der Waals surface area contributed by atoms with Gasteiger partial charge < -0.3 is 15.0 Å². The van der Waals surface area contributed by atoms with Crippen LogP contribution in [0.25, 0.3) is 0 Å². The van der Waals surface area contributed by atoms with E-state index in [4.69, 9.17) is 4.74 Å². The van der Waals surface area contributed by atoms with E-state index in [1.54, 1.807) is 38.0 Å². The lowest BCUT2D eigenvalue weighted by Crippen LogP contribution is -2.40. The highest BCUT2D eigenvalue weighted by molar-refractivity contribution is 5.93. The maximum atomic E-state index is 12.2. The number of nitrogens with one attached hydrogen (secondary N) is 1. The third-order valence-corrected chi connectivity index (χ3v) is 4.22. The first kappa shape index (κ1) is 16.3. The fourth-order valence-corrected chi connectivity index (χ4v) is 2.93. The van der Waals surface area contributed by atoms with E-state index >= 15 is 0 Å². The van der Waals surface area contributed by atoms with E-state index in [1.165, 1.54) is 0 Å². The minimum Gasteiger partial charge on any atom is -0.380 e. The Morgan fingerprint density at radius 3 is 3.04 bits per heavy atom. The zero-order chi connectivity index (χ0) is 16.9. The number of anilines is 1. The summed E-state index contributed by atoms with van der Waals surface area (Å²) in [6.07, 6.45) is 5.74. The average Bonchev–Trinajstić information content (AvgIpc) is 3.04. The molecule has 2 aromatic rings. The molecule has 7 nitrogen and oxygen atoms in total. The molecule has 0 spiro atoms. The van der Waals surface area contributed by atoms with Crippen LogP contribution in [0.2, 0.25) is 0 Å². The molecule has 24 heavy (non-hydrogen) atoms. The molecule has 1 N–H and O–H groups in total. The Hall–Kier alpha value is -2.54. The van der Waals surface area contributed by atoms with Gasteiger partial charge in [0, 0.05) is 44.4 Å². The highest BCUT2D eigenvalue weighted by atomic mass is 16.5. The van der Waals surface area contributed by atoms with Crippen LogP contribution in [0, 0.1) is 6.92 Å². The third kappa shape index (κ3) is 3.68. The second-order valence-electron chi connectivity index (χ2n) is 5.87. The summed E-state index contributed by atoms with van der Waals surface area (Å²) in [5.41, 5.74) is 1.47. The summed E-state index contributed by atoms with van der Waals surface area (Å²) in [7, 11) is 1.71. The number of methoxy groups -OCH3 is 1. The second kappa shape index (κ2) is 7.35. The maximum Gasteiger partial charge on any atom is 0.252 e. The standard InChI is InChI=1S/C17H21N5O2/c1-12-6-16(21-11-20-12)22-10-15(24-2)7-14(22)9-19-17(23)13-4-3-5-18-8-13/h3-6,8,11,14-15H,7,9-10H2,1-2H3,(H,19,23)/t14-,15-/m0/s1. The number of rotatable bonds is 5.